The van der Waals surface area contributed by atoms with Crippen molar-refractivity contribution in [2.75, 3.05) is 25.0 Å². The highest BCUT2D eigenvalue weighted by atomic mass is 16.4. The molecular formula is C16H24N4O3. The third kappa shape index (κ3) is 4.41. The van der Waals surface area contributed by atoms with Crippen molar-refractivity contribution in [1.29, 1.82) is 0 Å². The van der Waals surface area contributed by atoms with E-state index in [9.17, 15) is 9.59 Å². The van der Waals surface area contributed by atoms with Crippen LogP contribution in [0.25, 0.3) is 0 Å². The molecule has 23 heavy (non-hydrogen) atoms. The molecule has 2 N–H and O–H groups in total. The number of hydrogen-bond donors (Lipinski definition) is 2. The second kappa shape index (κ2) is 7.41. The molecular weight excluding hydrogens is 296 g/mol. The molecule has 0 unspecified atom stereocenters. The first-order valence-electron chi connectivity index (χ1n) is 7.82. The van der Waals surface area contributed by atoms with Crippen molar-refractivity contribution in [2.24, 2.45) is 5.92 Å². The smallest absolute Gasteiger partial charge is 0.407 e. The van der Waals surface area contributed by atoms with Gasteiger partial charge in [0.05, 0.1) is 5.69 Å². The first-order valence-corrected chi connectivity index (χ1v) is 7.82. The molecule has 0 spiro atoms. The van der Waals surface area contributed by atoms with E-state index < -0.39 is 6.09 Å². The largest absolute Gasteiger partial charge is 0.465 e. The van der Waals surface area contributed by atoms with Crippen LogP contribution < -0.4 is 10.2 Å². The Hall–Kier alpha value is -2.15. The predicted octanol–water partition coefficient (Wildman–Crippen LogP) is 1.54. The quantitative estimate of drug-likeness (QED) is 0.859. The summed E-state index contributed by atoms with van der Waals surface area (Å²) in [5.41, 5.74) is 1.65. The fraction of sp³-hybridized carbons (Fsp3) is 0.562. The van der Waals surface area contributed by atoms with Crippen LogP contribution in [0.15, 0.2) is 18.3 Å². The molecule has 0 bridgehead atoms. The van der Waals surface area contributed by atoms with E-state index >= 15 is 0 Å². The number of carboxylic acid groups (broad SMARTS) is 1. The van der Waals surface area contributed by atoms with Gasteiger partial charge in [0.1, 0.15) is 0 Å². The Morgan fingerprint density at radius 1 is 1.52 bits per heavy atom. The van der Waals surface area contributed by atoms with Crippen LogP contribution in [0.3, 0.4) is 0 Å². The van der Waals surface area contributed by atoms with E-state index in [0.717, 1.165) is 17.8 Å². The molecule has 2 rings (SSSR count). The number of carbonyl (C=O) groups excluding carboxylic acids is 1. The van der Waals surface area contributed by atoms with Crippen molar-refractivity contribution >= 4 is 17.7 Å². The summed E-state index contributed by atoms with van der Waals surface area (Å²) in [6.45, 7) is 5.36. The number of amides is 2. The van der Waals surface area contributed by atoms with Gasteiger partial charge in [0.2, 0.25) is 5.91 Å². The van der Waals surface area contributed by atoms with Gasteiger partial charge < -0.3 is 20.2 Å². The maximum atomic E-state index is 12.1. The molecule has 0 aromatic carbocycles. The Labute approximate surface area is 136 Å². The van der Waals surface area contributed by atoms with Gasteiger partial charge >= 0.3 is 6.09 Å². The number of hydrogen-bond acceptors (Lipinski definition) is 4. The van der Waals surface area contributed by atoms with Crippen LogP contribution in [0.5, 0.6) is 0 Å². The molecule has 1 atom stereocenters. The standard InChI is InChI=1S/C16H24N4O3/c1-11(2)15(21)19(3)14-4-6-17-13(8-14)9-18-12-5-7-20(10-12)16(22)23/h4,6,8,11-12,18H,5,7,9-10H2,1-3H3,(H,22,23)/t12-/m1/s1. The average molecular weight is 320 g/mol. The van der Waals surface area contributed by atoms with E-state index in [1.807, 2.05) is 26.0 Å². The van der Waals surface area contributed by atoms with Crippen molar-refractivity contribution < 1.29 is 14.7 Å². The number of anilines is 1. The van der Waals surface area contributed by atoms with Crippen molar-refractivity contribution in [3.8, 4) is 0 Å². The van der Waals surface area contributed by atoms with Crippen LogP contribution in [0.1, 0.15) is 26.0 Å². The molecule has 7 nitrogen and oxygen atoms in total. The molecule has 1 aliphatic rings. The third-order valence-corrected chi connectivity index (χ3v) is 4.04. The number of rotatable bonds is 5. The molecule has 1 aromatic rings. The molecule has 2 heterocycles. The number of carbonyl (C=O) groups is 2. The lowest BCUT2D eigenvalue weighted by molar-refractivity contribution is -0.121. The number of nitrogens with zero attached hydrogens (tertiary/aromatic N) is 3. The summed E-state index contributed by atoms with van der Waals surface area (Å²) in [5.74, 6) is -0.00164. The Morgan fingerprint density at radius 2 is 2.26 bits per heavy atom. The minimum Gasteiger partial charge on any atom is -0.465 e. The maximum Gasteiger partial charge on any atom is 0.407 e. The van der Waals surface area contributed by atoms with Crippen molar-refractivity contribution in [1.82, 2.24) is 15.2 Å². The number of pyridine rings is 1. The van der Waals surface area contributed by atoms with Crippen LogP contribution >= 0.6 is 0 Å². The predicted molar refractivity (Wildman–Crippen MR) is 87.3 cm³/mol. The lowest BCUT2D eigenvalue weighted by Gasteiger charge is -2.20. The molecule has 1 fully saturated rings. The van der Waals surface area contributed by atoms with E-state index in [0.29, 0.717) is 19.6 Å². The molecule has 2 amide bonds. The maximum absolute atomic E-state index is 12.1. The first kappa shape index (κ1) is 17.2. The van der Waals surface area contributed by atoms with Crippen LogP contribution in [0.4, 0.5) is 10.5 Å². The molecule has 0 radical (unpaired) electrons. The summed E-state index contributed by atoms with van der Waals surface area (Å²) in [6, 6.07) is 3.84. The average Bonchev–Trinajstić information content (AvgIpc) is 3.01. The highest BCUT2D eigenvalue weighted by molar-refractivity contribution is 5.94. The van der Waals surface area contributed by atoms with Gasteiger partial charge in [-0.2, -0.15) is 0 Å². The van der Waals surface area contributed by atoms with Crippen LogP contribution in [-0.4, -0.2) is 53.2 Å². The van der Waals surface area contributed by atoms with Gasteiger partial charge in [-0.1, -0.05) is 13.8 Å². The second-order valence-electron chi connectivity index (χ2n) is 6.15. The molecule has 7 heteroatoms. The van der Waals surface area contributed by atoms with E-state index in [-0.39, 0.29) is 17.9 Å². The first-order chi connectivity index (χ1) is 10.9. The normalized spacial score (nSPS) is 17.6. The summed E-state index contributed by atoms with van der Waals surface area (Å²) >= 11 is 0. The number of aromatic nitrogens is 1. The molecule has 0 saturated carbocycles. The van der Waals surface area contributed by atoms with E-state index in [1.165, 1.54) is 4.90 Å². The molecule has 1 aliphatic heterocycles. The number of nitrogens with one attached hydrogen (secondary N) is 1. The van der Waals surface area contributed by atoms with Crippen molar-refractivity contribution in [2.45, 2.75) is 32.9 Å². The fourth-order valence-electron chi connectivity index (χ4n) is 2.63. The lowest BCUT2D eigenvalue weighted by Crippen LogP contribution is -2.34. The summed E-state index contributed by atoms with van der Waals surface area (Å²) in [5, 5.41) is 12.3. The summed E-state index contributed by atoms with van der Waals surface area (Å²) in [7, 11) is 1.76. The molecule has 1 aromatic heterocycles. The summed E-state index contributed by atoms with van der Waals surface area (Å²) < 4.78 is 0. The zero-order valence-corrected chi connectivity index (χ0v) is 13.8. The van der Waals surface area contributed by atoms with Crippen LogP contribution in [0, 0.1) is 5.92 Å². The van der Waals surface area contributed by atoms with E-state index in [2.05, 4.69) is 10.3 Å². The van der Waals surface area contributed by atoms with Gasteiger partial charge in [-0.15, -0.1) is 0 Å². The second-order valence-corrected chi connectivity index (χ2v) is 6.15. The zero-order valence-electron chi connectivity index (χ0n) is 13.8. The zero-order chi connectivity index (χ0) is 17.0. The lowest BCUT2D eigenvalue weighted by atomic mass is 10.2. The highest BCUT2D eigenvalue weighted by Crippen LogP contribution is 2.16. The minimum atomic E-state index is -0.872. The van der Waals surface area contributed by atoms with Gasteiger partial charge in [-0.05, 0) is 18.6 Å². The Balaban J connectivity index is 1.93. The van der Waals surface area contributed by atoms with Gasteiger partial charge in [0, 0.05) is 50.5 Å². The molecule has 0 aliphatic carbocycles. The van der Waals surface area contributed by atoms with Gasteiger partial charge in [0.15, 0.2) is 0 Å². The van der Waals surface area contributed by atoms with Crippen LogP contribution in [0.2, 0.25) is 0 Å². The summed E-state index contributed by atoms with van der Waals surface area (Å²) in [4.78, 5) is 30.3. The Morgan fingerprint density at radius 3 is 2.87 bits per heavy atom. The highest BCUT2D eigenvalue weighted by Gasteiger charge is 2.25. The van der Waals surface area contributed by atoms with Gasteiger partial charge in [-0.25, -0.2) is 4.79 Å². The Bertz CT molecular complexity index is 576. The molecule has 126 valence electrons. The van der Waals surface area contributed by atoms with Crippen LogP contribution in [-0.2, 0) is 11.3 Å². The fourth-order valence-corrected chi connectivity index (χ4v) is 2.63. The topological polar surface area (TPSA) is 85.8 Å². The molecule has 1 saturated heterocycles. The van der Waals surface area contributed by atoms with E-state index in [4.69, 9.17) is 5.11 Å². The SMILES string of the molecule is CC(C)C(=O)N(C)c1ccnc(CN[C@@H]2CCN(C(=O)O)C2)c1. The van der Waals surface area contributed by atoms with Gasteiger partial charge in [-0.3, -0.25) is 9.78 Å². The summed E-state index contributed by atoms with van der Waals surface area (Å²) in [6.07, 6.45) is 1.62. The van der Waals surface area contributed by atoms with Crippen molar-refractivity contribution in [3.05, 3.63) is 24.0 Å². The number of likely N-dealkylation sites (tertiary alicyclic amines) is 1. The Kier molecular flexibility index (Phi) is 5.54. The minimum absolute atomic E-state index is 0.0583. The van der Waals surface area contributed by atoms with E-state index in [1.54, 1.807) is 18.1 Å². The monoisotopic (exact) mass is 320 g/mol. The van der Waals surface area contributed by atoms with Gasteiger partial charge in [0.25, 0.3) is 0 Å². The third-order valence-electron chi connectivity index (χ3n) is 4.04. The van der Waals surface area contributed by atoms with Crippen molar-refractivity contribution in [3.63, 3.8) is 0 Å².